The molecule has 120 valence electrons. The number of nitrogens with zero attached hydrogens (tertiary/aromatic N) is 1. The van der Waals surface area contributed by atoms with E-state index in [9.17, 15) is 14.4 Å². The first-order valence-corrected chi connectivity index (χ1v) is 7.23. The maximum atomic E-state index is 11.7. The van der Waals surface area contributed by atoms with Gasteiger partial charge in [0.05, 0.1) is 0 Å². The van der Waals surface area contributed by atoms with Crippen LogP contribution in [0.2, 0.25) is 0 Å². The topological polar surface area (TPSA) is 125 Å². The Kier molecular flexibility index (Phi) is 6.93. The highest BCUT2D eigenvalue weighted by atomic mass is 16.4. The molecule has 1 rings (SSSR count). The van der Waals surface area contributed by atoms with E-state index in [4.69, 9.17) is 10.8 Å². The summed E-state index contributed by atoms with van der Waals surface area (Å²) < 4.78 is 0. The lowest BCUT2D eigenvalue weighted by Crippen LogP contribution is -2.49. The molecule has 3 amide bonds. The van der Waals surface area contributed by atoms with E-state index in [2.05, 4.69) is 22.5 Å². The van der Waals surface area contributed by atoms with Crippen LogP contribution in [-0.4, -0.2) is 59.6 Å². The van der Waals surface area contributed by atoms with Gasteiger partial charge in [-0.3, -0.25) is 9.69 Å². The van der Waals surface area contributed by atoms with Gasteiger partial charge in [-0.25, -0.2) is 9.59 Å². The second-order valence-electron chi connectivity index (χ2n) is 5.17. The Bertz CT molecular complexity index is 388. The highest BCUT2D eigenvalue weighted by molar-refractivity contribution is 5.83. The summed E-state index contributed by atoms with van der Waals surface area (Å²) in [6.45, 7) is 4.52. The third-order valence-electron chi connectivity index (χ3n) is 3.69. The molecule has 8 nitrogen and oxygen atoms in total. The van der Waals surface area contributed by atoms with Crippen LogP contribution in [0.5, 0.6) is 0 Å². The number of nitrogens with two attached hydrogens (primary N) is 1. The Balaban J connectivity index is 2.36. The van der Waals surface area contributed by atoms with Crippen LogP contribution in [0, 0.1) is 0 Å². The van der Waals surface area contributed by atoms with Crippen LogP contribution in [0.3, 0.4) is 0 Å². The van der Waals surface area contributed by atoms with Crippen molar-refractivity contribution >= 4 is 17.9 Å². The van der Waals surface area contributed by atoms with Crippen molar-refractivity contribution in [3.05, 3.63) is 0 Å². The van der Waals surface area contributed by atoms with Gasteiger partial charge in [0.1, 0.15) is 6.04 Å². The Morgan fingerprint density at radius 1 is 1.43 bits per heavy atom. The Hall–Kier alpha value is -1.83. The molecule has 1 heterocycles. The van der Waals surface area contributed by atoms with E-state index in [-0.39, 0.29) is 12.8 Å². The summed E-state index contributed by atoms with van der Waals surface area (Å²) in [5, 5.41) is 14.0. The minimum absolute atomic E-state index is 0.0113. The lowest BCUT2D eigenvalue weighted by Gasteiger charge is -2.23. The van der Waals surface area contributed by atoms with Crippen molar-refractivity contribution < 1.29 is 19.5 Å². The number of amides is 3. The van der Waals surface area contributed by atoms with Crippen molar-refractivity contribution in [3.63, 3.8) is 0 Å². The first-order valence-electron chi connectivity index (χ1n) is 7.23. The van der Waals surface area contributed by atoms with Crippen LogP contribution >= 0.6 is 0 Å². The van der Waals surface area contributed by atoms with Crippen molar-refractivity contribution in [1.29, 1.82) is 0 Å². The minimum atomic E-state index is -1.18. The normalized spacial score (nSPS) is 20.0. The number of likely N-dealkylation sites (tertiary alicyclic amines) is 1. The quantitative estimate of drug-likeness (QED) is 0.480. The molecule has 0 aromatic rings. The second kappa shape index (κ2) is 8.46. The molecular formula is C13H24N4O4. The standard InChI is InChI=1S/C13H24N4O4/c1-2-17-7-3-4-9(17)8-15-13(21)16-10(12(19)20)5-6-11(14)18/h9-10H,2-8H2,1H3,(H2,14,18)(H,19,20)(H2,15,16,21)/t9?,10-/m1/s1. The van der Waals surface area contributed by atoms with Crippen molar-refractivity contribution in [2.75, 3.05) is 19.6 Å². The van der Waals surface area contributed by atoms with E-state index < -0.39 is 23.9 Å². The number of carbonyl (C=O) groups excluding carboxylic acids is 2. The van der Waals surface area contributed by atoms with Crippen molar-refractivity contribution in [2.45, 2.75) is 44.7 Å². The van der Waals surface area contributed by atoms with Crippen molar-refractivity contribution in [2.24, 2.45) is 5.73 Å². The molecule has 8 heteroatoms. The molecule has 0 aromatic carbocycles. The number of hydrogen-bond acceptors (Lipinski definition) is 4. The lowest BCUT2D eigenvalue weighted by molar-refractivity contribution is -0.139. The van der Waals surface area contributed by atoms with Crippen LogP contribution in [0.4, 0.5) is 4.79 Å². The summed E-state index contributed by atoms with van der Waals surface area (Å²) in [5.74, 6) is -1.77. The molecule has 0 spiro atoms. The molecule has 1 saturated heterocycles. The summed E-state index contributed by atoms with van der Waals surface area (Å²) >= 11 is 0. The highest BCUT2D eigenvalue weighted by Crippen LogP contribution is 2.15. The van der Waals surface area contributed by atoms with Gasteiger partial charge < -0.3 is 21.5 Å². The third kappa shape index (κ3) is 5.99. The van der Waals surface area contributed by atoms with Gasteiger partial charge in [0.25, 0.3) is 0 Å². The number of primary amides is 1. The minimum Gasteiger partial charge on any atom is -0.480 e. The molecule has 0 aromatic heterocycles. The monoisotopic (exact) mass is 300 g/mol. The molecule has 2 atom stereocenters. The van der Waals surface area contributed by atoms with Crippen LogP contribution in [0.1, 0.15) is 32.6 Å². The molecule has 5 N–H and O–H groups in total. The molecular weight excluding hydrogens is 276 g/mol. The van der Waals surface area contributed by atoms with Gasteiger partial charge in [0, 0.05) is 19.0 Å². The maximum Gasteiger partial charge on any atom is 0.326 e. The zero-order valence-corrected chi connectivity index (χ0v) is 12.3. The molecule has 1 fully saturated rings. The number of nitrogens with one attached hydrogen (secondary N) is 2. The van der Waals surface area contributed by atoms with Crippen molar-refractivity contribution in [1.82, 2.24) is 15.5 Å². The predicted octanol–water partition coefficient (Wildman–Crippen LogP) is -0.511. The number of hydrogen-bond donors (Lipinski definition) is 4. The van der Waals surface area contributed by atoms with E-state index in [1.165, 1.54) is 0 Å². The van der Waals surface area contributed by atoms with Gasteiger partial charge in [0.15, 0.2) is 0 Å². The van der Waals surface area contributed by atoms with E-state index in [1.807, 2.05) is 0 Å². The van der Waals surface area contributed by atoms with Gasteiger partial charge in [-0.2, -0.15) is 0 Å². The lowest BCUT2D eigenvalue weighted by atomic mass is 10.1. The number of carboxylic acids is 1. The maximum absolute atomic E-state index is 11.7. The first-order chi connectivity index (χ1) is 9.93. The summed E-state index contributed by atoms with van der Waals surface area (Å²) in [7, 11) is 0. The number of urea groups is 1. The van der Waals surface area contributed by atoms with Gasteiger partial charge >= 0.3 is 12.0 Å². The van der Waals surface area contributed by atoms with E-state index in [0.29, 0.717) is 12.6 Å². The molecule has 0 radical (unpaired) electrons. The molecule has 0 bridgehead atoms. The van der Waals surface area contributed by atoms with Crippen LogP contribution in [0.25, 0.3) is 0 Å². The fraction of sp³-hybridized carbons (Fsp3) is 0.769. The first kappa shape index (κ1) is 17.2. The van der Waals surface area contributed by atoms with E-state index >= 15 is 0 Å². The molecule has 1 unspecified atom stereocenters. The third-order valence-corrected chi connectivity index (χ3v) is 3.69. The summed E-state index contributed by atoms with van der Waals surface area (Å²) in [6, 6.07) is -1.34. The fourth-order valence-corrected chi connectivity index (χ4v) is 2.51. The van der Waals surface area contributed by atoms with Crippen LogP contribution in [-0.2, 0) is 9.59 Å². The van der Waals surface area contributed by atoms with Gasteiger partial charge in [-0.15, -0.1) is 0 Å². The molecule has 1 aliphatic rings. The van der Waals surface area contributed by atoms with Crippen LogP contribution in [0.15, 0.2) is 0 Å². The van der Waals surface area contributed by atoms with E-state index in [0.717, 1.165) is 25.9 Å². The zero-order chi connectivity index (χ0) is 15.8. The number of aliphatic carboxylic acids is 1. The average Bonchev–Trinajstić information content (AvgIpc) is 2.88. The van der Waals surface area contributed by atoms with Gasteiger partial charge in [-0.1, -0.05) is 6.92 Å². The van der Waals surface area contributed by atoms with Crippen LogP contribution < -0.4 is 16.4 Å². The summed E-state index contributed by atoms with van der Waals surface area (Å²) in [4.78, 5) is 35.7. The average molecular weight is 300 g/mol. The number of rotatable bonds is 8. The van der Waals surface area contributed by atoms with Gasteiger partial charge in [0.2, 0.25) is 5.91 Å². The van der Waals surface area contributed by atoms with E-state index in [1.54, 1.807) is 0 Å². The number of carboxylic acid groups (broad SMARTS) is 1. The highest BCUT2D eigenvalue weighted by Gasteiger charge is 2.24. The predicted molar refractivity (Wildman–Crippen MR) is 76.7 cm³/mol. The molecule has 0 saturated carbocycles. The Morgan fingerprint density at radius 2 is 2.14 bits per heavy atom. The fourth-order valence-electron chi connectivity index (χ4n) is 2.51. The molecule has 21 heavy (non-hydrogen) atoms. The molecule has 1 aliphatic heterocycles. The zero-order valence-electron chi connectivity index (χ0n) is 12.3. The summed E-state index contributed by atoms with van der Waals surface area (Å²) in [5.41, 5.74) is 4.98. The Labute approximate surface area is 124 Å². The number of likely N-dealkylation sites (N-methyl/N-ethyl adjacent to an activating group) is 1. The summed E-state index contributed by atoms with van der Waals surface area (Å²) in [6.07, 6.45) is 2.04. The number of carbonyl (C=O) groups is 3. The van der Waals surface area contributed by atoms with Crippen molar-refractivity contribution in [3.8, 4) is 0 Å². The van der Waals surface area contributed by atoms with Gasteiger partial charge in [-0.05, 0) is 32.4 Å². The smallest absolute Gasteiger partial charge is 0.326 e. The Morgan fingerprint density at radius 3 is 2.71 bits per heavy atom. The SMILES string of the molecule is CCN1CCCC1CNC(=O)N[C@H](CCC(N)=O)C(=O)O. The largest absolute Gasteiger partial charge is 0.480 e. The molecule has 0 aliphatic carbocycles. The second-order valence-corrected chi connectivity index (χ2v) is 5.17.